The molecule has 0 aromatic heterocycles. The van der Waals surface area contributed by atoms with Crippen molar-refractivity contribution >= 4 is 21.6 Å². The lowest BCUT2D eigenvalue weighted by molar-refractivity contribution is -0.134. The van der Waals surface area contributed by atoms with Crippen LogP contribution in [0.25, 0.3) is 0 Å². The van der Waals surface area contributed by atoms with Gasteiger partial charge in [0.15, 0.2) is 0 Å². The summed E-state index contributed by atoms with van der Waals surface area (Å²) in [6.07, 6.45) is 1.30. The summed E-state index contributed by atoms with van der Waals surface area (Å²) in [5, 5.41) is 0. The van der Waals surface area contributed by atoms with Crippen LogP contribution in [0.15, 0.2) is 59.5 Å². The summed E-state index contributed by atoms with van der Waals surface area (Å²) < 4.78 is 27.7. The van der Waals surface area contributed by atoms with Crippen molar-refractivity contribution < 1.29 is 13.2 Å². The number of rotatable bonds is 4. The van der Waals surface area contributed by atoms with Crippen molar-refractivity contribution in [1.82, 2.24) is 9.21 Å². The first-order valence-electron chi connectivity index (χ1n) is 10.1. The predicted molar refractivity (Wildman–Crippen MR) is 113 cm³/mol. The van der Waals surface area contributed by atoms with E-state index in [-0.39, 0.29) is 10.8 Å². The van der Waals surface area contributed by atoms with Gasteiger partial charge in [0.1, 0.15) is 6.04 Å². The maximum atomic E-state index is 13.2. The lowest BCUT2D eigenvalue weighted by Crippen LogP contribution is -2.54. The van der Waals surface area contributed by atoms with Crippen LogP contribution in [-0.2, 0) is 14.8 Å². The Labute approximate surface area is 172 Å². The summed E-state index contributed by atoms with van der Waals surface area (Å²) in [5.41, 5.74) is 2.17. The third-order valence-electron chi connectivity index (χ3n) is 5.83. The minimum Gasteiger partial charge on any atom is -0.368 e. The third-order valence-corrected chi connectivity index (χ3v) is 7.75. The second-order valence-corrected chi connectivity index (χ2v) is 9.63. The average Bonchev–Trinajstić information content (AvgIpc) is 3.25. The maximum Gasteiger partial charge on any atom is 0.243 e. The van der Waals surface area contributed by atoms with Gasteiger partial charge in [0.05, 0.1) is 4.90 Å². The molecule has 0 saturated carbocycles. The van der Waals surface area contributed by atoms with Crippen molar-refractivity contribution in [2.24, 2.45) is 0 Å². The fourth-order valence-electron chi connectivity index (χ4n) is 4.15. The molecule has 0 spiro atoms. The molecule has 4 rings (SSSR count). The Balaban J connectivity index is 1.45. The highest BCUT2D eigenvalue weighted by atomic mass is 32.2. The summed E-state index contributed by atoms with van der Waals surface area (Å²) >= 11 is 0. The zero-order chi connectivity index (χ0) is 20.4. The molecular formula is C22H27N3O3S. The smallest absolute Gasteiger partial charge is 0.243 e. The summed E-state index contributed by atoms with van der Waals surface area (Å²) in [7, 11) is -3.67. The molecule has 0 radical (unpaired) electrons. The van der Waals surface area contributed by atoms with E-state index in [1.165, 1.54) is 4.31 Å². The molecule has 2 aromatic carbocycles. The van der Waals surface area contributed by atoms with Gasteiger partial charge in [-0.25, -0.2) is 8.42 Å². The van der Waals surface area contributed by atoms with Crippen molar-refractivity contribution in [3.63, 3.8) is 0 Å². The third kappa shape index (κ3) is 4.02. The molecular weight excluding hydrogens is 386 g/mol. The highest BCUT2D eigenvalue weighted by Gasteiger charge is 2.41. The van der Waals surface area contributed by atoms with Gasteiger partial charge in [0, 0.05) is 38.4 Å². The van der Waals surface area contributed by atoms with Gasteiger partial charge in [-0.15, -0.1) is 0 Å². The SMILES string of the molecule is Cc1ccc(S(=O)(=O)N2CCC[C@@H]2C(=O)N2CCN(c3ccccc3)CC2)cc1. The van der Waals surface area contributed by atoms with Gasteiger partial charge in [-0.2, -0.15) is 4.31 Å². The van der Waals surface area contributed by atoms with Gasteiger partial charge >= 0.3 is 0 Å². The van der Waals surface area contributed by atoms with Crippen molar-refractivity contribution in [2.45, 2.75) is 30.7 Å². The molecule has 7 heteroatoms. The van der Waals surface area contributed by atoms with E-state index in [1.54, 1.807) is 24.3 Å². The van der Waals surface area contributed by atoms with E-state index >= 15 is 0 Å². The fraction of sp³-hybridized carbons (Fsp3) is 0.409. The van der Waals surface area contributed by atoms with Gasteiger partial charge in [-0.05, 0) is 44.0 Å². The Bertz CT molecular complexity index is 953. The Morgan fingerprint density at radius 2 is 1.55 bits per heavy atom. The van der Waals surface area contributed by atoms with Crippen LogP contribution in [0.1, 0.15) is 18.4 Å². The molecule has 0 N–H and O–H groups in total. The second kappa shape index (κ2) is 8.16. The minimum atomic E-state index is -3.67. The van der Waals surface area contributed by atoms with Crippen LogP contribution in [-0.4, -0.2) is 62.3 Å². The lowest BCUT2D eigenvalue weighted by Gasteiger charge is -2.38. The Kier molecular flexibility index (Phi) is 5.61. The number of sulfonamides is 1. The average molecular weight is 414 g/mol. The number of anilines is 1. The van der Waals surface area contributed by atoms with Gasteiger partial charge in [-0.1, -0.05) is 35.9 Å². The number of aryl methyl sites for hydroxylation is 1. The number of para-hydroxylation sites is 1. The molecule has 0 aliphatic carbocycles. The van der Waals surface area contributed by atoms with E-state index in [2.05, 4.69) is 17.0 Å². The zero-order valence-electron chi connectivity index (χ0n) is 16.7. The summed E-state index contributed by atoms with van der Waals surface area (Å²) in [6, 6.07) is 16.4. The second-order valence-electron chi connectivity index (χ2n) is 7.73. The molecule has 2 aliphatic rings. The number of piperazine rings is 1. The topological polar surface area (TPSA) is 60.9 Å². The quantitative estimate of drug-likeness (QED) is 0.773. The number of amides is 1. The predicted octanol–water partition coefficient (Wildman–Crippen LogP) is 2.50. The molecule has 1 atom stereocenters. The standard InChI is InChI=1S/C22H27N3O3S/c1-18-9-11-20(12-10-18)29(27,28)25-13-5-8-21(25)22(26)24-16-14-23(15-17-24)19-6-3-2-4-7-19/h2-4,6-7,9-12,21H,5,8,13-17H2,1H3/t21-/m1/s1. The molecule has 154 valence electrons. The molecule has 2 saturated heterocycles. The maximum absolute atomic E-state index is 13.2. The van der Waals surface area contributed by atoms with E-state index in [4.69, 9.17) is 0 Å². The van der Waals surface area contributed by atoms with Crippen molar-refractivity contribution in [3.8, 4) is 0 Å². The first-order chi connectivity index (χ1) is 14.0. The van der Waals surface area contributed by atoms with Gasteiger partial charge < -0.3 is 9.80 Å². The fourth-order valence-corrected chi connectivity index (χ4v) is 5.81. The highest BCUT2D eigenvalue weighted by Crippen LogP contribution is 2.28. The molecule has 2 fully saturated rings. The Morgan fingerprint density at radius 3 is 2.21 bits per heavy atom. The first-order valence-corrected chi connectivity index (χ1v) is 11.6. The number of hydrogen-bond acceptors (Lipinski definition) is 4. The molecule has 6 nitrogen and oxygen atoms in total. The highest BCUT2D eigenvalue weighted by molar-refractivity contribution is 7.89. The van der Waals surface area contributed by atoms with E-state index in [1.807, 2.05) is 30.0 Å². The monoisotopic (exact) mass is 413 g/mol. The molecule has 0 bridgehead atoms. The normalized spacial score (nSPS) is 20.8. The summed E-state index contributed by atoms with van der Waals surface area (Å²) in [4.78, 5) is 17.5. The summed E-state index contributed by atoms with van der Waals surface area (Å²) in [6.45, 7) is 5.07. The largest absolute Gasteiger partial charge is 0.368 e. The van der Waals surface area contributed by atoms with Crippen molar-refractivity contribution in [2.75, 3.05) is 37.6 Å². The first kappa shape index (κ1) is 19.9. The van der Waals surface area contributed by atoms with Crippen LogP contribution < -0.4 is 4.90 Å². The van der Waals surface area contributed by atoms with E-state index in [9.17, 15) is 13.2 Å². The minimum absolute atomic E-state index is 0.0640. The van der Waals surface area contributed by atoms with Crippen LogP contribution in [0.5, 0.6) is 0 Å². The summed E-state index contributed by atoms with van der Waals surface area (Å²) in [5.74, 6) is -0.0640. The molecule has 2 aliphatic heterocycles. The van der Waals surface area contributed by atoms with Crippen LogP contribution >= 0.6 is 0 Å². The van der Waals surface area contributed by atoms with E-state index in [0.29, 0.717) is 32.5 Å². The number of benzene rings is 2. The molecule has 0 unspecified atom stereocenters. The van der Waals surface area contributed by atoms with Crippen LogP contribution in [0.4, 0.5) is 5.69 Å². The Hall–Kier alpha value is -2.38. The van der Waals surface area contributed by atoms with E-state index in [0.717, 1.165) is 24.3 Å². The van der Waals surface area contributed by atoms with Crippen LogP contribution in [0, 0.1) is 6.92 Å². The number of hydrogen-bond donors (Lipinski definition) is 0. The molecule has 2 aromatic rings. The molecule has 29 heavy (non-hydrogen) atoms. The molecule has 2 heterocycles. The van der Waals surface area contributed by atoms with Gasteiger partial charge in [0.25, 0.3) is 0 Å². The Morgan fingerprint density at radius 1 is 0.897 bits per heavy atom. The zero-order valence-corrected chi connectivity index (χ0v) is 17.5. The van der Waals surface area contributed by atoms with Crippen LogP contribution in [0.2, 0.25) is 0 Å². The van der Waals surface area contributed by atoms with Gasteiger partial charge in [0.2, 0.25) is 15.9 Å². The van der Waals surface area contributed by atoms with E-state index < -0.39 is 16.1 Å². The number of nitrogens with zero attached hydrogens (tertiary/aromatic N) is 3. The number of carbonyl (C=O) groups excluding carboxylic acids is 1. The molecule has 1 amide bonds. The van der Waals surface area contributed by atoms with Crippen LogP contribution in [0.3, 0.4) is 0 Å². The van der Waals surface area contributed by atoms with Crippen molar-refractivity contribution in [1.29, 1.82) is 0 Å². The number of carbonyl (C=O) groups is 1. The van der Waals surface area contributed by atoms with Crippen molar-refractivity contribution in [3.05, 3.63) is 60.2 Å². The van der Waals surface area contributed by atoms with Gasteiger partial charge in [-0.3, -0.25) is 4.79 Å². The lowest BCUT2D eigenvalue weighted by atomic mass is 10.1.